The number of hydrogen-bond acceptors (Lipinski definition) is 1. The lowest BCUT2D eigenvalue weighted by Crippen LogP contribution is -1.16. The van der Waals surface area contributed by atoms with Crippen molar-refractivity contribution in [3.05, 3.63) is 22.9 Å². The normalized spacial score (nSPS) is 5.71. The van der Waals surface area contributed by atoms with Gasteiger partial charge in [0, 0.05) is 0 Å². The van der Waals surface area contributed by atoms with E-state index >= 15 is 0 Å². The van der Waals surface area contributed by atoms with Crippen LogP contribution in [0, 0.1) is 0 Å². The molecule has 1 atom stereocenters. The van der Waals surface area contributed by atoms with E-state index in [1.807, 2.05) is 22.9 Å². The Bertz CT molecular complexity index is 68.2. The Morgan fingerprint density at radius 3 is 1.57 bits per heavy atom. The summed E-state index contributed by atoms with van der Waals surface area (Å²) >= 11 is 1.71. The summed E-state index contributed by atoms with van der Waals surface area (Å²) in [6.07, 6.45) is 0. The number of rotatable bonds is 0. The van der Waals surface area contributed by atoms with E-state index in [1.165, 1.54) is 0 Å². The van der Waals surface area contributed by atoms with Crippen LogP contribution in [-0.2, 0) is 0 Å². The Kier molecular flexibility index (Phi) is 9.98. The maximum absolute atomic E-state index is 2.04. The van der Waals surface area contributed by atoms with Gasteiger partial charge in [0.15, 0.2) is 0 Å². The summed E-state index contributed by atoms with van der Waals surface area (Å²) in [5.74, 6) is 0. The van der Waals surface area contributed by atoms with E-state index in [4.69, 9.17) is 0 Å². The van der Waals surface area contributed by atoms with Crippen LogP contribution < -0.4 is 0 Å². The second kappa shape index (κ2) is 6.61. The molecule has 0 fully saturated rings. The molecule has 0 aliphatic carbocycles. The minimum atomic E-state index is 0. The van der Waals surface area contributed by atoms with Gasteiger partial charge < -0.3 is 0 Å². The highest BCUT2D eigenvalue weighted by atomic mass is 79.9. The second-order valence-electron chi connectivity index (χ2n) is 0.793. The topological polar surface area (TPSA) is 0 Å². The molecule has 1 aromatic heterocycles. The highest BCUT2D eigenvalue weighted by molar-refractivity contribution is 8.93. The number of thiophene rings is 1. The molecule has 42 valence electrons. The van der Waals surface area contributed by atoms with Gasteiger partial charge in [-0.15, -0.1) is 17.0 Å². The van der Waals surface area contributed by atoms with Crippen LogP contribution in [0.1, 0.15) is 0 Å². The fourth-order valence-corrected chi connectivity index (χ4v) is 0.680. The highest BCUT2D eigenvalue weighted by Gasteiger charge is 1.58. The molecule has 7 heavy (non-hydrogen) atoms. The molecule has 3 heteroatoms. The van der Waals surface area contributed by atoms with Gasteiger partial charge in [0.1, 0.15) is 0 Å². The van der Waals surface area contributed by atoms with Crippen LogP contribution in [0.25, 0.3) is 0 Å². The molecule has 0 amide bonds. The van der Waals surface area contributed by atoms with Crippen molar-refractivity contribution >= 4 is 38.2 Å². The van der Waals surface area contributed by atoms with Crippen LogP contribution in [0.15, 0.2) is 22.9 Å². The quantitative estimate of drug-likeness (QED) is 0.562. The first-order chi connectivity index (χ1) is 2.50. The van der Waals surface area contributed by atoms with Crippen LogP contribution in [0.5, 0.6) is 0 Å². The SMILES string of the molecule is Br.P.c1ccsc1. The van der Waals surface area contributed by atoms with Crippen molar-refractivity contribution in [1.29, 1.82) is 0 Å². The Morgan fingerprint density at radius 2 is 1.43 bits per heavy atom. The van der Waals surface area contributed by atoms with Gasteiger partial charge in [0.05, 0.1) is 0 Å². The third-order valence-electron chi connectivity index (χ3n) is 0.425. The first-order valence-electron chi connectivity index (χ1n) is 1.47. The fourth-order valence-electron chi connectivity index (χ4n) is 0.227. The van der Waals surface area contributed by atoms with E-state index in [-0.39, 0.29) is 26.9 Å². The van der Waals surface area contributed by atoms with Crippen LogP contribution in [-0.4, -0.2) is 0 Å². The van der Waals surface area contributed by atoms with E-state index in [0.29, 0.717) is 0 Å². The van der Waals surface area contributed by atoms with Gasteiger partial charge in [-0.2, -0.15) is 21.2 Å². The summed E-state index contributed by atoms with van der Waals surface area (Å²) in [6, 6.07) is 4.04. The molecule has 0 bridgehead atoms. The van der Waals surface area contributed by atoms with Gasteiger partial charge in [-0.3, -0.25) is 0 Å². The van der Waals surface area contributed by atoms with Crippen molar-refractivity contribution in [2.45, 2.75) is 0 Å². The lowest BCUT2D eigenvalue weighted by Gasteiger charge is -1.39. The minimum absolute atomic E-state index is 0. The standard InChI is InChI=1S/C4H4S.BrH.H3P/c1-2-4-5-3-1;;/h1-4H;1H;1H3. The molecule has 0 aromatic carbocycles. The Morgan fingerprint density at radius 1 is 1.00 bits per heavy atom. The molecule has 1 heterocycles. The van der Waals surface area contributed by atoms with Gasteiger partial charge in [-0.05, 0) is 10.8 Å². The maximum atomic E-state index is 2.04. The minimum Gasteiger partial charge on any atom is -0.153 e. The average molecular weight is 199 g/mol. The smallest absolute Gasteiger partial charge is 0.00934 e. The van der Waals surface area contributed by atoms with Crippen LogP contribution in [0.2, 0.25) is 0 Å². The van der Waals surface area contributed by atoms with Crippen molar-refractivity contribution in [3.8, 4) is 0 Å². The predicted octanol–water partition coefficient (Wildman–Crippen LogP) is 2.38. The van der Waals surface area contributed by atoms with E-state index in [1.54, 1.807) is 11.3 Å². The highest BCUT2D eigenvalue weighted by Crippen LogP contribution is 1.91. The van der Waals surface area contributed by atoms with Crippen molar-refractivity contribution in [2.75, 3.05) is 0 Å². The molecule has 1 aromatic rings. The monoisotopic (exact) mass is 198 g/mol. The summed E-state index contributed by atoms with van der Waals surface area (Å²) < 4.78 is 0. The van der Waals surface area contributed by atoms with E-state index in [2.05, 4.69) is 0 Å². The Labute approximate surface area is 61.3 Å². The van der Waals surface area contributed by atoms with E-state index in [9.17, 15) is 0 Å². The molecule has 1 rings (SSSR count). The first kappa shape index (κ1) is 10.6. The zero-order valence-electron chi connectivity index (χ0n) is 3.83. The lowest BCUT2D eigenvalue weighted by atomic mass is 10.7. The van der Waals surface area contributed by atoms with Crippen molar-refractivity contribution in [1.82, 2.24) is 0 Å². The van der Waals surface area contributed by atoms with Gasteiger partial charge in [-0.1, -0.05) is 12.1 Å². The molecule has 0 aliphatic rings. The summed E-state index contributed by atoms with van der Waals surface area (Å²) in [7, 11) is 0. The summed E-state index contributed by atoms with van der Waals surface area (Å²) in [6.45, 7) is 0. The van der Waals surface area contributed by atoms with Crippen LogP contribution in [0.3, 0.4) is 0 Å². The Balaban J connectivity index is 0. The summed E-state index contributed by atoms with van der Waals surface area (Å²) in [4.78, 5) is 0. The fraction of sp³-hybridized carbons (Fsp3) is 0. The molecule has 0 radical (unpaired) electrons. The lowest BCUT2D eigenvalue weighted by molar-refractivity contribution is 2.03. The molecule has 0 N–H and O–H groups in total. The molecule has 0 spiro atoms. The molecule has 0 aliphatic heterocycles. The van der Waals surface area contributed by atoms with Gasteiger partial charge in [-0.25, -0.2) is 0 Å². The zero-order chi connectivity index (χ0) is 3.54. The van der Waals surface area contributed by atoms with Crippen molar-refractivity contribution in [2.24, 2.45) is 0 Å². The molecular formula is C4H8BrPS. The molecule has 0 saturated carbocycles. The first-order valence-corrected chi connectivity index (χ1v) is 2.41. The van der Waals surface area contributed by atoms with Gasteiger partial charge in [0.25, 0.3) is 0 Å². The predicted molar refractivity (Wildman–Crippen MR) is 45.7 cm³/mol. The van der Waals surface area contributed by atoms with Crippen LogP contribution in [0.4, 0.5) is 0 Å². The largest absolute Gasteiger partial charge is 0.153 e. The van der Waals surface area contributed by atoms with Crippen molar-refractivity contribution < 1.29 is 0 Å². The van der Waals surface area contributed by atoms with E-state index in [0.717, 1.165) is 0 Å². The molecular weight excluding hydrogens is 191 g/mol. The zero-order valence-corrected chi connectivity index (χ0v) is 7.78. The van der Waals surface area contributed by atoms with E-state index < -0.39 is 0 Å². The summed E-state index contributed by atoms with van der Waals surface area (Å²) in [5, 5.41) is 4.08. The van der Waals surface area contributed by atoms with Gasteiger partial charge in [0.2, 0.25) is 0 Å². The van der Waals surface area contributed by atoms with Crippen molar-refractivity contribution in [3.63, 3.8) is 0 Å². The summed E-state index contributed by atoms with van der Waals surface area (Å²) in [5.41, 5.74) is 0. The van der Waals surface area contributed by atoms with Gasteiger partial charge >= 0.3 is 0 Å². The third kappa shape index (κ3) is 4.46. The van der Waals surface area contributed by atoms with Crippen LogP contribution >= 0.6 is 38.2 Å². The molecule has 0 saturated heterocycles. The Hall–Kier alpha value is 0.610. The third-order valence-corrected chi connectivity index (χ3v) is 1.05. The maximum Gasteiger partial charge on any atom is -0.00934 e. The molecule has 0 nitrogen and oxygen atoms in total. The number of halogens is 1. The number of hydrogen-bond donors (Lipinski definition) is 0. The average Bonchev–Trinajstić information content (AvgIpc) is 1.76. The second-order valence-corrected chi connectivity index (χ2v) is 1.61. The molecule has 1 unspecified atom stereocenters.